The normalized spacial score (nSPS) is 18.0. The van der Waals surface area contributed by atoms with Gasteiger partial charge in [-0.2, -0.15) is 4.99 Å². The Morgan fingerprint density at radius 3 is 2.30 bits per heavy atom. The van der Waals surface area contributed by atoms with Gasteiger partial charge in [-0.1, -0.05) is 11.8 Å². The summed E-state index contributed by atoms with van der Waals surface area (Å²) in [6, 6.07) is 13.7. The van der Waals surface area contributed by atoms with Gasteiger partial charge >= 0.3 is 0 Å². The zero-order valence-corrected chi connectivity index (χ0v) is 19.2. The van der Waals surface area contributed by atoms with Crippen LogP contribution in [-0.2, 0) is 9.59 Å². The van der Waals surface area contributed by atoms with Crippen molar-refractivity contribution in [1.29, 1.82) is 0 Å². The summed E-state index contributed by atoms with van der Waals surface area (Å²) in [5, 5.41) is 5.86. The number of likely N-dealkylation sites (tertiary alicyclic amines) is 1. The van der Waals surface area contributed by atoms with Crippen LogP contribution in [-0.4, -0.2) is 53.2 Å². The van der Waals surface area contributed by atoms with Crippen LogP contribution >= 0.6 is 11.8 Å². The molecule has 2 heterocycles. The maximum absolute atomic E-state index is 12.5. The molecule has 3 amide bonds. The maximum Gasteiger partial charge on any atom is 0.262 e. The van der Waals surface area contributed by atoms with Crippen LogP contribution in [0.15, 0.2) is 53.5 Å². The number of rotatable bonds is 6. The highest BCUT2D eigenvalue weighted by atomic mass is 32.2. The Balaban J connectivity index is 1.27. The van der Waals surface area contributed by atoms with E-state index in [2.05, 4.69) is 20.5 Å². The Morgan fingerprint density at radius 2 is 1.64 bits per heavy atom. The number of ether oxygens (including phenoxy) is 1. The van der Waals surface area contributed by atoms with Gasteiger partial charge in [-0.15, -0.1) is 0 Å². The number of piperidine rings is 1. The molecule has 0 unspecified atom stereocenters. The Labute approximate surface area is 196 Å². The minimum absolute atomic E-state index is 0.0596. The first-order chi connectivity index (χ1) is 16.0. The monoisotopic (exact) mass is 466 g/mol. The summed E-state index contributed by atoms with van der Waals surface area (Å²) >= 11 is 1.38. The first kappa shape index (κ1) is 22.8. The lowest BCUT2D eigenvalue weighted by molar-refractivity contribution is -0.121. The fourth-order valence-electron chi connectivity index (χ4n) is 3.69. The molecule has 172 valence electrons. The highest BCUT2D eigenvalue weighted by Gasteiger charge is 2.33. The van der Waals surface area contributed by atoms with E-state index >= 15 is 0 Å². The Kier molecular flexibility index (Phi) is 7.29. The van der Waals surface area contributed by atoms with Crippen molar-refractivity contribution in [3.05, 3.63) is 54.1 Å². The highest BCUT2D eigenvalue weighted by Crippen LogP contribution is 2.29. The molecular weight excluding hydrogens is 440 g/mol. The second-order valence-corrected chi connectivity index (χ2v) is 9.07. The number of amidine groups is 1. The molecule has 0 aliphatic carbocycles. The minimum atomic E-state index is -0.489. The van der Waals surface area contributed by atoms with Crippen LogP contribution in [0.2, 0.25) is 0 Å². The zero-order valence-electron chi connectivity index (χ0n) is 18.4. The summed E-state index contributed by atoms with van der Waals surface area (Å²) in [7, 11) is 1.58. The number of nitrogens with one attached hydrogen (secondary N) is 2. The number of anilines is 2. The van der Waals surface area contributed by atoms with Crippen molar-refractivity contribution in [3.63, 3.8) is 0 Å². The van der Waals surface area contributed by atoms with Crippen molar-refractivity contribution in [2.45, 2.75) is 30.9 Å². The molecule has 4 rings (SSSR count). The van der Waals surface area contributed by atoms with Gasteiger partial charge in [0.1, 0.15) is 11.0 Å². The van der Waals surface area contributed by atoms with Gasteiger partial charge in [-0.05, 0) is 67.8 Å². The van der Waals surface area contributed by atoms with Crippen LogP contribution in [0.3, 0.4) is 0 Å². The molecule has 0 bridgehead atoms. The fraction of sp³-hybridized carbons (Fsp3) is 0.333. The van der Waals surface area contributed by atoms with Gasteiger partial charge in [0.25, 0.3) is 11.8 Å². The number of amides is 3. The lowest BCUT2D eigenvalue weighted by Gasteiger charge is -2.27. The number of benzene rings is 2. The van der Waals surface area contributed by atoms with Gasteiger partial charge in [-0.25, -0.2) is 0 Å². The topological polar surface area (TPSA) is 100 Å². The first-order valence-corrected chi connectivity index (χ1v) is 11.8. The molecule has 9 heteroatoms. The largest absolute Gasteiger partial charge is 0.497 e. The third-order valence-corrected chi connectivity index (χ3v) is 6.72. The molecule has 0 radical (unpaired) electrons. The van der Waals surface area contributed by atoms with Gasteiger partial charge in [0.2, 0.25) is 5.91 Å². The summed E-state index contributed by atoms with van der Waals surface area (Å²) in [5.74, 6) is -0.0545. The minimum Gasteiger partial charge on any atom is -0.497 e. The SMILES string of the molecule is COc1ccc(NC(=O)c2ccc(NC(=O)C[C@@H]3SC(N4CCCCC4)=NC3=O)cc2)cc1. The van der Waals surface area contributed by atoms with E-state index in [1.54, 1.807) is 55.6 Å². The predicted octanol–water partition coefficient (Wildman–Crippen LogP) is 3.76. The number of carbonyl (C=O) groups excluding carboxylic acids is 3. The van der Waals surface area contributed by atoms with E-state index in [4.69, 9.17) is 4.74 Å². The van der Waals surface area contributed by atoms with E-state index in [0.29, 0.717) is 22.7 Å². The molecule has 1 fully saturated rings. The third kappa shape index (κ3) is 5.92. The summed E-state index contributed by atoms with van der Waals surface area (Å²) in [4.78, 5) is 43.5. The Hall–Kier alpha value is -3.33. The highest BCUT2D eigenvalue weighted by molar-refractivity contribution is 8.15. The number of thioether (sulfide) groups is 1. The van der Waals surface area contributed by atoms with Crippen LogP contribution in [0.4, 0.5) is 11.4 Å². The van der Waals surface area contributed by atoms with Crippen molar-refractivity contribution in [2.75, 3.05) is 30.8 Å². The molecule has 2 aromatic carbocycles. The first-order valence-electron chi connectivity index (χ1n) is 10.9. The Bertz CT molecular complexity index is 1050. The second-order valence-electron chi connectivity index (χ2n) is 7.90. The molecule has 2 aliphatic heterocycles. The van der Waals surface area contributed by atoms with Crippen molar-refractivity contribution in [3.8, 4) is 5.75 Å². The Morgan fingerprint density at radius 1 is 1.00 bits per heavy atom. The molecule has 2 aromatic rings. The number of methoxy groups -OCH3 is 1. The molecule has 2 aliphatic rings. The molecule has 8 nitrogen and oxygen atoms in total. The zero-order chi connectivity index (χ0) is 23.2. The molecule has 2 N–H and O–H groups in total. The molecule has 1 atom stereocenters. The number of nitrogens with zero attached hydrogens (tertiary/aromatic N) is 2. The number of hydrogen-bond acceptors (Lipinski definition) is 6. The van der Waals surface area contributed by atoms with Crippen molar-refractivity contribution < 1.29 is 19.1 Å². The molecule has 0 aromatic heterocycles. The van der Waals surface area contributed by atoms with E-state index in [1.165, 1.54) is 18.2 Å². The van der Waals surface area contributed by atoms with Crippen molar-refractivity contribution in [2.24, 2.45) is 4.99 Å². The molecule has 0 saturated carbocycles. The van der Waals surface area contributed by atoms with E-state index in [-0.39, 0.29) is 24.1 Å². The maximum atomic E-state index is 12.5. The van der Waals surface area contributed by atoms with Crippen LogP contribution in [0.25, 0.3) is 0 Å². The van der Waals surface area contributed by atoms with E-state index in [9.17, 15) is 14.4 Å². The third-order valence-electron chi connectivity index (χ3n) is 5.51. The number of hydrogen-bond donors (Lipinski definition) is 2. The molecule has 1 saturated heterocycles. The summed E-state index contributed by atoms with van der Waals surface area (Å²) < 4.78 is 5.11. The van der Waals surface area contributed by atoms with Crippen LogP contribution < -0.4 is 15.4 Å². The van der Waals surface area contributed by atoms with E-state index in [0.717, 1.165) is 31.1 Å². The molecular formula is C24H26N4O4S. The van der Waals surface area contributed by atoms with Gasteiger partial charge in [0, 0.05) is 36.4 Å². The summed E-state index contributed by atoms with van der Waals surface area (Å²) in [5.41, 5.74) is 1.68. The lowest BCUT2D eigenvalue weighted by atomic mass is 10.1. The molecule has 0 spiro atoms. The van der Waals surface area contributed by atoms with Crippen LogP contribution in [0.5, 0.6) is 5.75 Å². The van der Waals surface area contributed by atoms with Gasteiger partial charge in [0.15, 0.2) is 5.17 Å². The van der Waals surface area contributed by atoms with Crippen molar-refractivity contribution >= 4 is 46.0 Å². The van der Waals surface area contributed by atoms with Gasteiger partial charge in [-0.3, -0.25) is 14.4 Å². The average Bonchev–Trinajstić information content (AvgIpc) is 3.20. The molecule has 33 heavy (non-hydrogen) atoms. The summed E-state index contributed by atoms with van der Waals surface area (Å²) in [6.45, 7) is 1.83. The summed E-state index contributed by atoms with van der Waals surface area (Å²) in [6.07, 6.45) is 3.47. The average molecular weight is 467 g/mol. The second kappa shape index (κ2) is 10.5. The smallest absolute Gasteiger partial charge is 0.262 e. The van der Waals surface area contributed by atoms with Gasteiger partial charge in [0.05, 0.1) is 7.11 Å². The van der Waals surface area contributed by atoms with E-state index < -0.39 is 5.25 Å². The number of aliphatic imine (C=N–C) groups is 1. The number of carbonyl (C=O) groups is 3. The van der Waals surface area contributed by atoms with Crippen molar-refractivity contribution in [1.82, 2.24) is 4.90 Å². The van der Waals surface area contributed by atoms with Gasteiger partial charge < -0.3 is 20.3 Å². The van der Waals surface area contributed by atoms with Crippen LogP contribution in [0, 0.1) is 0 Å². The van der Waals surface area contributed by atoms with Crippen LogP contribution in [0.1, 0.15) is 36.0 Å². The standard InChI is InChI=1S/C24H26N4O4S/c1-32-19-11-9-18(10-12-19)26-22(30)16-5-7-17(8-6-16)25-21(29)15-20-23(31)27-24(33-20)28-13-3-2-4-14-28/h5-12,20H,2-4,13-15H2,1H3,(H,25,29)(H,26,30)/t20-/m0/s1. The predicted molar refractivity (Wildman–Crippen MR) is 130 cm³/mol. The van der Waals surface area contributed by atoms with E-state index in [1.807, 2.05) is 0 Å². The quantitative estimate of drug-likeness (QED) is 0.672. The lowest BCUT2D eigenvalue weighted by Crippen LogP contribution is -2.33. The fourth-order valence-corrected chi connectivity index (χ4v) is 4.81.